The Balaban J connectivity index is 2.32. The molecule has 16 heavy (non-hydrogen) atoms. The van der Waals surface area contributed by atoms with Crippen molar-refractivity contribution in [1.29, 1.82) is 0 Å². The molecule has 2 aromatic rings. The quantitative estimate of drug-likeness (QED) is 0.873. The maximum atomic E-state index is 6.14. The van der Waals surface area contributed by atoms with Crippen molar-refractivity contribution < 1.29 is 0 Å². The summed E-state index contributed by atoms with van der Waals surface area (Å²) in [5.41, 5.74) is 6.50. The summed E-state index contributed by atoms with van der Waals surface area (Å²) in [7, 11) is 0. The van der Waals surface area contributed by atoms with Crippen LogP contribution in [0.4, 0.5) is 0 Å². The van der Waals surface area contributed by atoms with Gasteiger partial charge in [0.05, 0.1) is 0 Å². The van der Waals surface area contributed by atoms with E-state index in [-0.39, 0.29) is 0 Å². The standard InChI is InChI=1S/C13H12ClNS/c14-12-6-2-1-5-11(12)13-8-7-10(16-13)4-3-9-15/h1-8H,9,15H2. The van der Waals surface area contributed by atoms with Crippen LogP contribution < -0.4 is 5.73 Å². The van der Waals surface area contributed by atoms with Gasteiger partial charge in [-0.15, -0.1) is 11.3 Å². The maximum Gasteiger partial charge on any atom is 0.0492 e. The number of nitrogens with two attached hydrogens (primary N) is 1. The topological polar surface area (TPSA) is 26.0 Å². The number of halogens is 1. The van der Waals surface area contributed by atoms with Crippen molar-refractivity contribution in [3.05, 3.63) is 52.4 Å². The van der Waals surface area contributed by atoms with Gasteiger partial charge in [0.1, 0.15) is 0 Å². The van der Waals surface area contributed by atoms with Gasteiger partial charge in [-0.1, -0.05) is 35.9 Å². The van der Waals surface area contributed by atoms with E-state index in [1.807, 2.05) is 36.4 Å². The van der Waals surface area contributed by atoms with Gasteiger partial charge in [-0.25, -0.2) is 0 Å². The van der Waals surface area contributed by atoms with Crippen LogP contribution in [0.5, 0.6) is 0 Å². The predicted molar refractivity (Wildman–Crippen MR) is 72.9 cm³/mol. The average molecular weight is 250 g/mol. The molecule has 2 rings (SSSR count). The first kappa shape index (κ1) is 11.4. The van der Waals surface area contributed by atoms with E-state index >= 15 is 0 Å². The summed E-state index contributed by atoms with van der Waals surface area (Å²) in [6.45, 7) is 0.569. The Bertz CT molecular complexity index is 502. The smallest absolute Gasteiger partial charge is 0.0492 e. The second kappa shape index (κ2) is 5.30. The lowest BCUT2D eigenvalue weighted by Gasteiger charge is -1.99. The molecule has 0 atom stereocenters. The SMILES string of the molecule is NCC=Cc1ccc(-c2ccccc2Cl)s1. The summed E-state index contributed by atoms with van der Waals surface area (Å²) in [6, 6.07) is 12.0. The highest BCUT2D eigenvalue weighted by Crippen LogP contribution is 2.33. The minimum Gasteiger partial charge on any atom is -0.327 e. The molecule has 1 heterocycles. The highest BCUT2D eigenvalue weighted by Gasteiger charge is 2.04. The lowest BCUT2D eigenvalue weighted by molar-refractivity contribution is 1.26. The van der Waals surface area contributed by atoms with E-state index in [1.54, 1.807) is 11.3 Å². The normalized spacial score (nSPS) is 11.1. The zero-order valence-corrected chi connectivity index (χ0v) is 10.3. The summed E-state index contributed by atoms with van der Waals surface area (Å²) in [5, 5.41) is 0.790. The minimum atomic E-state index is 0.569. The van der Waals surface area contributed by atoms with Crippen molar-refractivity contribution in [2.75, 3.05) is 6.54 Å². The fourth-order valence-corrected chi connectivity index (χ4v) is 2.70. The summed E-state index contributed by atoms with van der Waals surface area (Å²) in [6.07, 6.45) is 3.98. The molecule has 0 unspecified atom stereocenters. The van der Waals surface area contributed by atoms with E-state index in [4.69, 9.17) is 17.3 Å². The Morgan fingerprint density at radius 1 is 1.19 bits per heavy atom. The van der Waals surface area contributed by atoms with Gasteiger partial charge in [0, 0.05) is 26.9 Å². The number of benzene rings is 1. The van der Waals surface area contributed by atoms with E-state index < -0.39 is 0 Å². The first-order valence-electron chi connectivity index (χ1n) is 5.02. The van der Waals surface area contributed by atoms with Crippen LogP contribution in [0.15, 0.2) is 42.5 Å². The maximum absolute atomic E-state index is 6.14. The number of thiophene rings is 1. The molecule has 1 aromatic heterocycles. The first-order valence-corrected chi connectivity index (χ1v) is 6.22. The van der Waals surface area contributed by atoms with Gasteiger partial charge in [-0.05, 0) is 24.3 Å². The van der Waals surface area contributed by atoms with Crippen molar-refractivity contribution in [1.82, 2.24) is 0 Å². The molecule has 0 spiro atoms. The lowest BCUT2D eigenvalue weighted by atomic mass is 10.2. The molecule has 0 fully saturated rings. The van der Waals surface area contributed by atoms with Gasteiger partial charge < -0.3 is 5.73 Å². The summed E-state index contributed by atoms with van der Waals surface area (Å²) >= 11 is 7.85. The third kappa shape index (κ3) is 2.53. The van der Waals surface area contributed by atoms with E-state index in [2.05, 4.69) is 12.1 Å². The summed E-state index contributed by atoms with van der Waals surface area (Å²) in [5.74, 6) is 0. The molecule has 2 N–H and O–H groups in total. The zero-order chi connectivity index (χ0) is 11.4. The fraction of sp³-hybridized carbons (Fsp3) is 0.0769. The third-order valence-electron chi connectivity index (χ3n) is 2.18. The van der Waals surface area contributed by atoms with Gasteiger partial charge in [-0.3, -0.25) is 0 Å². The first-order chi connectivity index (χ1) is 7.81. The third-order valence-corrected chi connectivity index (χ3v) is 3.60. The van der Waals surface area contributed by atoms with Crippen LogP contribution in [0.25, 0.3) is 16.5 Å². The molecule has 0 radical (unpaired) electrons. The van der Waals surface area contributed by atoms with Crippen LogP contribution >= 0.6 is 22.9 Å². The Kier molecular flexibility index (Phi) is 3.78. The van der Waals surface area contributed by atoms with Crippen molar-refractivity contribution in [3.8, 4) is 10.4 Å². The van der Waals surface area contributed by atoms with Crippen molar-refractivity contribution in [2.45, 2.75) is 0 Å². The molecule has 1 aromatic carbocycles. The predicted octanol–water partition coefficient (Wildman–Crippen LogP) is 4.04. The molecule has 3 heteroatoms. The Hall–Kier alpha value is -1.09. The molecular weight excluding hydrogens is 238 g/mol. The van der Waals surface area contributed by atoms with E-state index in [1.165, 1.54) is 9.75 Å². The van der Waals surface area contributed by atoms with E-state index in [0.29, 0.717) is 6.54 Å². The minimum absolute atomic E-state index is 0.569. The lowest BCUT2D eigenvalue weighted by Crippen LogP contribution is -1.91. The van der Waals surface area contributed by atoms with Crippen LogP contribution in [0.3, 0.4) is 0 Å². The molecule has 0 saturated carbocycles. The molecule has 0 saturated heterocycles. The van der Waals surface area contributed by atoms with Gasteiger partial charge in [0.2, 0.25) is 0 Å². The van der Waals surface area contributed by atoms with E-state index in [0.717, 1.165) is 10.6 Å². The van der Waals surface area contributed by atoms with Crippen LogP contribution in [-0.4, -0.2) is 6.54 Å². The molecule has 0 aliphatic heterocycles. The molecule has 1 nitrogen and oxygen atoms in total. The Morgan fingerprint density at radius 2 is 2.00 bits per heavy atom. The van der Waals surface area contributed by atoms with Crippen molar-refractivity contribution in [2.24, 2.45) is 5.73 Å². The second-order valence-electron chi connectivity index (χ2n) is 3.32. The van der Waals surface area contributed by atoms with E-state index in [9.17, 15) is 0 Å². The molecule has 0 aliphatic rings. The van der Waals surface area contributed by atoms with Crippen molar-refractivity contribution in [3.63, 3.8) is 0 Å². The monoisotopic (exact) mass is 249 g/mol. The van der Waals surface area contributed by atoms with Gasteiger partial charge in [0.15, 0.2) is 0 Å². The fourth-order valence-electron chi connectivity index (χ4n) is 1.43. The van der Waals surface area contributed by atoms with Crippen LogP contribution in [0, 0.1) is 0 Å². The number of hydrogen-bond donors (Lipinski definition) is 1. The zero-order valence-electron chi connectivity index (χ0n) is 8.69. The van der Waals surface area contributed by atoms with Gasteiger partial charge >= 0.3 is 0 Å². The Labute approximate surface area is 104 Å². The summed E-state index contributed by atoms with van der Waals surface area (Å²) < 4.78 is 0. The largest absolute Gasteiger partial charge is 0.327 e. The van der Waals surface area contributed by atoms with Gasteiger partial charge in [0.25, 0.3) is 0 Å². The average Bonchev–Trinajstić information content (AvgIpc) is 2.75. The highest BCUT2D eigenvalue weighted by atomic mass is 35.5. The Morgan fingerprint density at radius 3 is 2.75 bits per heavy atom. The number of rotatable bonds is 3. The molecular formula is C13H12ClNS. The number of hydrogen-bond acceptors (Lipinski definition) is 2. The van der Waals surface area contributed by atoms with Crippen LogP contribution in [0.1, 0.15) is 4.88 Å². The second-order valence-corrected chi connectivity index (χ2v) is 4.84. The van der Waals surface area contributed by atoms with Crippen molar-refractivity contribution >= 4 is 29.0 Å². The van der Waals surface area contributed by atoms with Gasteiger partial charge in [-0.2, -0.15) is 0 Å². The molecule has 0 bridgehead atoms. The molecule has 0 aliphatic carbocycles. The molecule has 82 valence electrons. The van der Waals surface area contributed by atoms with Crippen LogP contribution in [0.2, 0.25) is 5.02 Å². The summed E-state index contributed by atoms with van der Waals surface area (Å²) in [4.78, 5) is 2.38. The molecule has 0 amide bonds. The highest BCUT2D eigenvalue weighted by molar-refractivity contribution is 7.16. The van der Waals surface area contributed by atoms with Crippen LogP contribution in [-0.2, 0) is 0 Å².